The van der Waals surface area contributed by atoms with Gasteiger partial charge in [0.2, 0.25) is 5.91 Å². The lowest BCUT2D eigenvalue weighted by molar-refractivity contribution is -0.126. The Hall–Kier alpha value is -2.34. The Morgan fingerprint density at radius 1 is 1.38 bits per heavy atom. The molecule has 0 unspecified atom stereocenters. The van der Waals surface area contributed by atoms with Gasteiger partial charge in [0.25, 0.3) is 0 Å². The summed E-state index contributed by atoms with van der Waals surface area (Å²) in [4.78, 5) is 14.8. The number of benzene rings is 1. The number of hydrogen-bond donors (Lipinski definition) is 1. The maximum atomic E-state index is 12.6. The summed E-state index contributed by atoms with van der Waals surface area (Å²) in [5, 5.41) is 7.35. The Morgan fingerprint density at radius 2 is 2.17 bits per heavy atom. The molecule has 128 valence electrons. The van der Waals surface area contributed by atoms with E-state index in [0.29, 0.717) is 6.54 Å². The minimum absolute atomic E-state index is 0.0136. The van der Waals surface area contributed by atoms with E-state index < -0.39 is 0 Å². The van der Waals surface area contributed by atoms with Gasteiger partial charge in [0.05, 0.1) is 12.8 Å². The molecule has 0 saturated carbocycles. The molecule has 1 atom stereocenters. The van der Waals surface area contributed by atoms with E-state index in [-0.39, 0.29) is 18.0 Å². The topological polar surface area (TPSA) is 59.4 Å². The van der Waals surface area contributed by atoms with Crippen LogP contribution in [0.5, 0.6) is 5.75 Å². The highest BCUT2D eigenvalue weighted by Crippen LogP contribution is 2.25. The van der Waals surface area contributed by atoms with Crippen LogP contribution in [0, 0.1) is 0 Å². The van der Waals surface area contributed by atoms with Gasteiger partial charge in [-0.3, -0.25) is 14.4 Å². The van der Waals surface area contributed by atoms with Crippen molar-refractivity contribution in [3.05, 3.63) is 47.8 Å². The van der Waals surface area contributed by atoms with Crippen LogP contribution in [0.2, 0.25) is 0 Å². The third-order valence-corrected chi connectivity index (χ3v) is 4.18. The van der Waals surface area contributed by atoms with E-state index in [2.05, 4.69) is 21.4 Å². The molecule has 0 radical (unpaired) electrons. The second-order valence-corrected chi connectivity index (χ2v) is 6.43. The summed E-state index contributed by atoms with van der Waals surface area (Å²) in [6.45, 7) is 6.07. The van der Waals surface area contributed by atoms with Crippen LogP contribution in [0.4, 0.5) is 0 Å². The monoisotopic (exact) mass is 328 g/mol. The van der Waals surface area contributed by atoms with Crippen LogP contribution < -0.4 is 10.1 Å². The van der Waals surface area contributed by atoms with E-state index in [1.54, 1.807) is 13.3 Å². The van der Waals surface area contributed by atoms with Gasteiger partial charge >= 0.3 is 0 Å². The number of nitrogens with zero attached hydrogens (tertiary/aromatic N) is 3. The van der Waals surface area contributed by atoms with Gasteiger partial charge in [0, 0.05) is 37.4 Å². The number of ether oxygens (including phenoxy) is 1. The van der Waals surface area contributed by atoms with Crippen LogP contribution in [-0.4, -0.2) is 40.3 Å². The number of aromatic nitrogens is 2. The smallest absolute Gasteiger partial charge is 0.246 e. The van der Waals surface area contributed by atoms with Gasteiger partial charge in [-0.15, -0.1) is 0 Å². The molecule has 2 heterocycles. The van der Waals surface area contributed by atoms with E-state index in [1.165, 1.54) is 0 Å². The molecular weight excluding hydrogens is 304 g/mol. The Labute approximate surface area is 142 Å². The number of fused-ring (bicyclic) bond motifs is 1. The van der Waals surface area contributed by atoms with Crippen molar-refractivity contribution in [3.63, 3.8) is 0 Å². The molecule has 1 aromatic heterocycles. The van der Waals surface area contributed by atoms with Crippen LogP contribution in [0.25, 0.3) is 0 Å². The van der Waals surface area contributed by atoms with Gasteiger partial charge in [-0.05, 0) is 26.0 Å². The van der Waals surface area contributed by atoms with Crippen molar-refractivity contribution in [2.75, 3.05) is 13.7 Å². The number of amides is 1. The fourth-order valence-electron chi connectivity index (χ4n) is 3.13. The van der Waals surface area contributed by atoms with E-state index >= 15 is 0 Å². The average Bonchev–Trinajstić information content (AvgIpc) is 3.02. The number of para-hydroxylation sites is 1. The first-order valence-corrected chi connectivity index (χ1v) is 8.25. The second-order valence-electron chi connectivity index (χ2n) is 6.43. The number of rotatable bonds is 5. The molecule has 3 rings (SSSR count). The number of methoxy groups -OCH3 is 1. The second kappa shape index (κ2) is 7.05. The molecule has 0 saturated heterocycles. The Kier molecular flexibility index (Phi) is 4.85. The quantitative estimate of drug-likeness (QED) is 0.912. The van der Waals surface area contributed by atoms with E-state index in [1.807, 2.05) is 42.8 Å². The fraction of sp³-hybridized carbons (Fsp3) is 0.444. The number of carbonyl (C=O) groups excluding carboxylic acids is 1. The highest BCUT2D eigenvalue weighted by atomic mass is 16.5. The molecule has 6 heteroatoms. The summed E-state index contributed by atoms with van der Waals surface area (Å²) in [6, 6.07) is 9.79. The predicted molar refractivity (Wildman–Crippen MR) is 91.7 cm³/mol. The first kappa shape index (κ1) is 16.5. The zero-order chi connectivity index (χ0) is 17.1. The molecule has 0 aliphatic carbocycles. The van der Waals surface area contributed by atoms with Gasteiger partial charge < -0.3 is 10.1 Å². The Bertz CT molecular complexity index is 711. The zero-order valence-electron chi connectivity index (χ0n) is 14.4. The van der Waals surface area contributed by atoms with E-state index in [4.69, 9.17) is 4.74 Å². The average molecular weight is 328 g/mol. The normalized spacial score (nSPS) is 17.6. The number of carbonyl (C=O) groups is 1. The predicted octanol–water partition coefficient (Wildman–Crippen LogP) is 1.97. The molecule has 0 bridgehead atoms. The maximum Gasteiger partial charge on any atom is 0.246 e. The molecular formula is C18H24N4O2. The van der Waals surface area contributed by atoms with Crippen LogP contribution in [-0.2, 0) is 17.9 Å². The lowest BCUT2D eigenvalue weighted by Crippen LogP contribution is -2.46. The molecule has 0 fully saturated rings. The van der Waals surface area contributed by atoms with Crippen molar-refractivity contribution in [3.8, 4) is 5.75 Å². The fourth-order valence-corrected chi connectivity index (χ4v) is 3.13. The van der Waals surface area contributed by atoms with Crippen LogP contribution in [0.3, 0.4) is 0 Å². The molecule has 6 nitrogen and oxygen atoms in total. The first-order chi connectivity index (χ1) is 11.6. The number of hydrogen-bond acceptors (Lipinski definition) is 4. The largest absolute Gasteiger partial charge is 0.496 e. The summed E-state index contributed by atoms with van der Waals surface area (Å²) in [7, 11) is 1.68. The highest BCUT2D eigenvalue weighted by molar-refractivity contribution is 5.81. The standard InChI is InChI=1S/C18H24N4O2/c1-13(2)20-18(23)16-12-21(11-15-8-9-19-22(15)16)10-14-6-4-5-7-17(14)24-3/h4-9,13,16H,10-12H2,1-3H3,(H,20,23)/t16-/m0/s1. The van der Waals surface area contributed by atoms with Gasteiger partial charge in [0.15, 0.2) is 0 Å². The number of nitrogens with one attached hydrogen (secondary N) is 1. The summed E-state index contributed by atoms with van der Waals surface area (Å²) in [6.07, 6.45) is 1.76. The Morgan fingerprint density at radius 3 is 2.92 bits per heavy atom. The molecule has 1 amide bonds. The molecule has 2 aromatic rings. The summed E-state index contributed by atoms with van der Waals surface area (Å²) in [5.41, 5.74) is 2.18. The van der Waals surface area contributed by atoms with Crippen LogP contribution >= 0.6 is 0 Å². The third-order valence-electron chi connectivity index (χ3n) is 4.18. The molecule has 1 aliphatic rings. The van der Waals surface area contributed by atoms with Crippen molar-refractivity contribution in [2.45, 2.75) is 39.0 Å². The highest BCUT2D eigenvalue weighted by Gasteiger charge is 2.31. The van der Waals surface area contributed by atoms with Gasteiger partial charge in [0.1, 0.15) is 11.8 Å². The van der Waals surface area contributed by atoms with Crippen molar-refractivity contribution in [1.82, 2.24) is 20.0 Å². The maximum absolute atomic E-state index is 12.6. The van der Waals surface area contributed by atoms with Crippen LogP contribution in [0.15, 0.2) is 36.5 Å². The minimum Gasteiger partial charge on any atom is -0.496 e. The Balaban J connectivity index is 1.81. The summed E-state index contributed by atoms with van der Waals surface area (Å²) in [5.74, 6) is 0.888. The van der Waals surface area contributed by atoms with E-state index in [0.717, 1.165) is 30.1 Å². The first-order valence-electron chi connectivity index (χ1n) is 8.25. The zero-order valence-corrected chi connectivity index (χ0v) is 14.4. The molecule has 1 aromatic carbocycles. The summed E-state index contributed by atoms with van der Waals surface area (Å²) >= 11 is 0. The molecule has 1 aliphatic heterocycles. The van der Waals surface area contributed by atoms with Crippen molar-refractivity contribution in [1.29, 1.82) is 0 Å². The van der Waals surface area contributed by atoms with Crippen molar-refractivity contribution < 1.29 is 9.53 Å². The van der Waals surface area contributed by atoms with Crippen molar-refractivity contribution in [2.24, 2.45) is 0 Å². The summed E-state index contributed by atoms with van der Waals surface area (Å²) < 4.78 is 7.29. The van der Waals surface area contributed by atoms with Crippen LogP contribution in [0.1, 0.15) is 31.1 Å². The van der Waals surface area contributed by atoms with Gasteiger partial charge in [-0.2, -0.15) is 5.10 Å². The minimum atomic E-state index is -0.305. The SMILES string of the molecule is COc1ccccc1CN1Cc2ccnn2[C@H](C(=O)NC(C)C)C1. The van der Waals surface area contributed by atoms with E-state index in [9.17, 15) is 4.79 Å². The molecule has 1 N–H and O–H groups in total. The molecule has 0 spiro atoms. The molecule has 24 heavy (non-hydrogen) atoms. The van der Waals surface area contributed by atoms with Gasteiger partial charge in [-0.1, -0.05) is 18.2 Å². The lowest BCUT2D eigenvalue weighted by Gasteiger charge is -2.33. The van der Waals surface area contributed by atoms with Gasteiger partial charge in [-0.25, -0.2) is 0 Å². The lowest BCUT2D eigenvalue weighted by atomic mass is 10.1. The van der Waals surface area contributed by atoms with Crippen molar-refractivity contribution >= 4 is 5.91 Å². The third kappa shape index (κ3) is 3.43.